The van der Waals surface area contributed by atoms with Gasteiger partial charge < -0.3 is 10.4 Å². The standard InChI is InChI=1S/C19H20N2OS/c1-14-6-5-9-16(10-14)18(22)12-20-11-17-13-23-19(21-17)15-7-3-2-4-8-15/h2-10,13,18,20,22H,11-12H2,1H3. The van der Waals surface area contributed by atoms with Crippen LogP contribution in [0.3, 0.4) is 0 Å². The highest BCUT2D eigenvalue weighted by Crippen LogP contribution is 2.23. The summed E-state index contributed by atoms with van der Waals surface area (Å²) < 4.78 is 0. The highest BCUT2D eigenvalue weighted by atomic mass is 32.1. The highest BCUT2D eigenvalue weighted by molar-refractivity contribution is 7.13. The van der Waals surface area contributed by atoms with Gasteiger partial charge in [0.15, 0.2) is 0 Å². The Labute approximate surface area is 140 Å². The van der Waals surface area contributed by atoms with E-state index in [1.165, 1.54) is 0 Å². The van der Waals surface area contributed by atoms with Crippen LogP contribution >= 0.6 is 11.3 Å². The van der Waals surface area contributed by atoms with Crippen LogP contribution in [0.2, 0.25) is 0 Å². The number of benzene rings is 2. The fourth-order valence-corrected chi connectivity index (χ4v) is 3.26. The number of hydrogen-bond donors (Lipinski definition) is 2. The van der Waals surface area contributed by atoms with Gasteiger partial charge in [-0.1, -0.05) is 60.2 Å². The topological polar surface area (TPSA) is 45.1 Å². The molecule has 0 aliphatic carbocycles. The Hall–Kier alpha value is -2.01. The number of nitrogens with one attached hydrogen (secondary N) is 1. The molecule has 1 aromatic heterocycles. The summed E-state index contributed by atoms with van der Waals surface area (Å²) in [4.78, 5) is 4.64. The van der Waals surface area contributed by atoms with Crippen LogP contribution < -0.4 is 5.32 Å². The summed E-state index contributed by atoms with van der Waals surface area (Å²) in [6.07, 6.45) is -0.498. The molecule has 2 N–H and O–H groups in total. The maximum Gasteiger partial charge on any atom is 0.123 e. The molecular formula is C19H20N2OS. The average molecular weight is 324 g/mol. The van der Waals surface area contributed by atoms with Gasteiger partial charge in [0.1, 0.15) is 5.01 Å². The van der Waals surface area contributed by atoms with Crippen LogP contribution in [0.15, 0.2) is 60.0 Å². The van der Waals surface area contributed by atoms with E-state index in [9.17, 15) is 5.11 Å². The molecule has 1 heterocycles. The van der Waals surface area contributed by atoms with Crippen molar-refractivity contribution in [3.05, 3.63) is 76.8 Å². The minimum absolute atomic E-state index is 0.498. The number of aryl methyl sites for hydroxylation is 1. The van der Waals surface area contributed by atoms with E-state index in [1.807, 2.05) is 49.4 Å². The SMILES string of the molecule is Cc1cccc(C(O)CNCc2csc(-c3ccccc3)n2)c1. The lowest BCUT2D eigenvalue weighted by Gasteiger charge is -2.12. The Morgan fingerprint density at radius 1 is 1.13 bits per heavy atom. The molecule has 23 heavy (non-hydrogen) atoms. The molecule has 0 aliphatic heterocycles. The van der Waals surface area contributed by atoms with E-state index in [-0.39, 0.29) is 0 Å². The van der Waals surface area contributed by atoms with Crippen LogP contribution in [-0.4, -0.2) is 16.6 Å². The van der Waals surface area contributed by atoms with Crippen molar-refractivity contribution in [1.82, 2.24) is 10.3 Å². The molecule has 3 nitrogen and oxygen atoms in total. The molecule has 0 aliphatic rings. The summed E-state index contributed by atoms with van der Waals surface area (Å²) in [6.45, 7) is 3.21. The number of aromatic nitrogens is 1. The zero-order chi connectivity index (χ0) is 16.1. The van der Waals surface area contributed by atoms with Crippen molar-refractivity contribution < 1.29 is 5.11 Å². The minimum atomic E-state index is -0.498. The van der Waals surface area contributed by atoms with Crippen molar-refractivity contribution in [2.75, 3.05) is 6.54 Å². The molecule has 4 heteroatoms. The van der Waals surface area contributed by atoms with Crippen molar-refractivity contribution in [2.45, 2.75) is 19.6 Å². The van der Waals surface area contributed by atoms with Crippen molar-refractivity contribution in [3.8, 4) is 10.6 Å². The Morgan fingerprint density at radius 3 is 2.74 bits per heavy atom. The summed E-state index contributed by atoms with van der Waals surface area (Å²) >= 11 is 1.65. The summed E-state index contributed by atoms with van der Waals surface area (Å²) in [5.41, 5.74) is 4.25. The van der Waals surface area contributed by atoms with Crippen molar-refractivity contribution in [1.29, 1.82) is 0 Å². The first-order valence-electron chi connectivity index (χ1n) is 7.67. The number of thiazole rings is 1. The van der Waals surface area contributed by atoms with Crippen LogP contribution in [0.4, 0.5) is 0 Å². The second-order valence-corrected chi connectivity index (χ2v) is 6.43. The summed E-state index contributed by atoms with van der Waals surface area (Å²) in [6, 6.07) is 18.2. The molecule has 0 saturated carbocycles. The first-order valence-corrected chi connectivity index (χ1v) is 8.55. The van der Waals surface area contributed by atoms with Gasteiger partial charge in [-0.15, -0.1) is 11.3 Å². The molecule has 1 atom stereocenters. The lowest BCUT2D eigenvalue weighted by Crippen LogP contribution is -2.21. The molecule has 0 bridgehead atoms. The van der Waals surface area contributed by atoms with Crippen LogP contribution in [-0.2, 0) is 6.54 Å². The Kier molecular flexibility index (Phi) is 5.18. The van der Waals surface area contributed by atoms with Gasteiger partial charge in [0.05, 0.1) is 11.8 Å². The molecule has 0 radical (unpaired) electrons. The maximum atomic E-state index is 10.2. The monoisotopic (exact) mass is 324 g/mol. The van der Waals surface area contributed by atoms with E-state index in [0.717, 1.165) is 27.4 Å². The quantitative estimate of drug-likeness (QED) is 0.722. The molecule has 0 saturated heterocycles. The van der Waals surface area contributed by atoms with Gasteiger partial charge in [0.2, 0.25) is 0 Å². The minimum Gasteiger partial charge on any atom is -0.387 e. The number of rotatable bonds is 6. The Bertz CT molecular complexity index is 755. The highest BCUT2D eigenvalue weighted by Gasteiger charge is 2.08. The molecular weight excluding hydrogens is 304 g/mol. The van der Waals surface area contributed by atoms with Gasteiger partial charge in [0.25, 0.3) is 0 Å². The van der Waals surface area contributed by atoms with Gasteiger partial charge in [-0.05, 0) is 12.5 Å². The predicted octanol–water partition coefficient (Wildman–Crippen LogP) is 3.94. The van der Waals surface area contributed by atoms with E-state index >= 15 is 0 Å². The average Bonchev–Trinajstić information content (AvgIpc) is 3.04. The van der Waals surface area contributed by atoms with Gasteiger partial charge in [-0.2, -0.15) is 0 Å². The van der Waals surface area contributed by atoms with Gasteiger partial charge in [0, 0.05) is 24.0 Å². The van der Waals surface area contributed by atoms with E-state index in [4.69, 9.17) is 0 Å². The zero-order valence-electron chi connectivity index (χ0n) is 13.1. The van der Waals surface area contributed by atoms with Gasteiger partial charge in [-0.3, -0.25) is 0 Å². The number of aliphatic hydroxyl groups is 1. The molecule has 2 aromatic carbocycles. The second kappa shape index (κ2) is 7.51. The number of aliphatic hydroxyl groups excluding tert-OH is 1. The molecule has 0 fully saturated rings. The van der Waals surface area contributed by atoms with Crippen molar-refractivity contribution in [2.24, 2.45) is 0 Å². The maximum absolute atomic E-state index is 10.2. The smallest absolute Gasteiger partial charge is 0.123 e. The first-order chi connectivity index (χ1) is 11.2. The van der Waals surface area contributed by atoms with Gasteiger partial charge >= 0.3 is 0 Å². The van der Waals surface area contributed by atoms with Crippen LogP contribution in [0.5, 0.6) is 0 Å². The fraction of sp³-hybridized carbons (Fsp3) is 0.211. The third-order valence-corrected chi connectivity index (χ3v) is 4.58. The zero-order valence-corrected chi connectivity index (χ0v) is 13.9. The molecule has 118 valence electrons. The fourth-order valence-electron chi connectivity index (χ4n) is 2.43. The third-order valence-electron chi connectivity index (χ3n) is 3.64. The molecule has 1 unspecified atom stereocenters. The van der Waals surface area contributed by atoms with Crippen LogP contribution in [0.25, 0.3) is 10.6 Å². The largest absolute Gasteiger partial charge is 0.387 e. The van der Waals surface area contributed by atoms with Crippen molar-refractivity contribution in [3.63, 3.8) is 0 Å². The van der Waals surface area contributed by atoms with Crippen LogP contribution in [0.1, 0.15) is 22.9 Å². The normalized spacial score (nSPS) is 12.3. The summed E-state index contributed by atoms with van der Waals surface area (Å²) in [7, 11) is 0. The molecule has 3 aromatic rings. The van der Waals surface area contributed by atoms with E-state index in [0.29, 0.717) is 13.1 Å². The predicted molar refractivity (Wildman–Crippen MR) is 95.4 cm³/mol. The number of nitrogens with zero attached hydrogens (tertiary/aromatic N) is 1. The third kappa shape index (κ3) is 4.26. The first kappa shape index (κ1) is 15.9. The summed E-state index contributed by atoms with van der Waals surface area (Å²) in [5, 5.41) is 16.6. The molecule has 0 spiro atoms. The van der Waals surface area contributed by atoms with E-state index in [1.54, 1.807) is 11.3 Å². The lowest BCUT2D eigenvalue weighted by molar-refractivity contribution is 0.174. The van der Waals surface area contributed by atoms with E-state index in [2.05, 4.69) is 27.8 Å². The molecule has 0 amide bonds. The Morgan fingerprint density at radius 2 is 1.96 bits per heavy atom. The van der Waals surface area contributed by atoms with Gasteiger partial charge in [-0.25, -0.2) is 4.98 Å². The second-order valence-electron chi connectivity index (χ2n) is 5.57. The van der Waals surface area contributed by atoms with Crippen LogP contribution in [0, 0.1) is 6.92 Å². The van der Waals surface area contributed by atoms with E-state index < -0.39 is 6.10 Å². The van der Waals surface area contributed by atoms with Crippen molar-refractivity contribution >= 4 is 11.3 Å². The molecule has 3 rings (SSSR count). The summed E-state index contributed by atoms with van der Waals surface area (Å²) in [5.74, 6) is 0. The lowest BCUT2D eigenvalue weighted by atomic mass is 10.1. The number of hydrogen-bond acceptors (Lipinski definition) is 4. The Balaban J connectivity index is 1.54.